The standard InChI is InChI=1S/C12H17NO2/c1-14-10-2-4-11(5-3-10)15-12-6-8-13-9-7-12/h2-5,12-13H,6-9H2,1H3/p+1. The van der Waals surface area contributed by atoms with E-state index in [4.69, 9.17) is 9.47 Å². The van der Waals surface area contributed by atoms with Gasteiger partial charge in [-0.3, -0.25) is 0 Å². The molecular weight excluding hydrogens is 190 g/mol. The second-order valence-electron chi connectivity index (χ2n) is 3.86. The molecule has 1 aromatic carbocycles. The fourth-order valence-electron chi connectivity index (χ4n) is 1.86. The number of rotatable bonds is 3. The minimum absolute atomic E-state index is 0.392. The molecule has 0 radical (unpaired) electrons. The molecule has 1 heterocycles. The van der Waals surface area contributed by atoms with Gasteiger partial charge in [0.25, 0.3) is 0 Å². The smallest absolute Gasteiger partial charge is 0.119 e. The summed E-state index contributed by atoms with van der Waals surface area (Å²) < 4.78 is 11.0. The van der Waals surface area contributed by atoms with E-state index in [2.05, 4.69) is 5.32 Å². The molecule has 82 valence electrons. The number of hydrogen-bond acceptors (Lipinski definition) is 2. The maximum atomic E-state index is 5.88. The SMILES string of the molecule is COc1ccc(OC2CC[NH2+]CC2)cc1. The summed E-state index contributed by atoms with van der Waals surface area (Å²) in [6, 6.07) is 7.81. The number of ether oxygens (including phenoxy) is 2. The lowest BCUT2D eigenvalue weighted by molar-refractivity contribution is -0.664. The van der Waals surface area contributed by atoms with Crippen LogP contribution in [0.25, 0.3) is 0 Å². The summed E-state index contributed by atoms with van der Waals surface area (Å²) in [6.45, 7) is 2.36. The van der Waals surface area contributed by atoms with Gasteiger partial charge < -0.3 is 14.8 Å². The van der Waals surface area contributed by atoms with E-state index in [9.17, 15) is 0 Å². The van der Waals surface area contributed by atoms with E-state index in [0.29, 0.717) is 6.10 Å². The molecular formula is C12H18NO2+. The summed E-state index contributed by atoms with van der Waals surface area (Å²) in [4.78, 5) is 0. The van der Waals surface area contributed by atoms with Gasteiger partial charge >= 0.3 is 0 Å². The summed E-state index contributed by atoms with van der Waals surface area (Å²) in [5.74, 6) is 1.82. The van der Waals surface area contributed by atoms with Crippen LogP contribution in [0.2, 0.25) is 0 Å². The third kappa shape index (κ3) is 2.86. The van der Waals surface area contributed by atoms with Gasteiger partial charge in [0, 0.05) is 12.8 Å². The van der Waals surface area contributed by atoms with Crippen molar-refractivity contribution in [3.63, 3.8) is 0 Å². The summed E-state index contributed by atoms with van der Waals surface area (Å²) in [7, 11) is 1.67. The van der Waals surface area contributed by atoms with Crippen LogP contribution in [0.1, 0.15) is 12.8 Å². The molecule has 0 aliphatic carbocycles. The van der Waals surface area contributed by atoms with Crippen molar-refractivity contribution >= 4 is 0 Å². The molecule has 2 rings (SSSR count). The molecule has 2 N–H and O–H groups in total. The van der Waals surface area contributed by atoms with Crippen LogP contribution in [0.5, 0.6) is 11.5 Å². The van der Waals surface area contributed by atoms with E-state index < -0.39 is 0 Å². The Hall–Kier alpha value is -1.22. The molecule has 0 saturated carbocycles. The zero-order valence-electron chi connectivity index (χ0n) is 9.11. The molecule has 3 nitrogen and oxygen atoms in total. The first-order valence-corrected chi connectivity index (χ1v) is 5.51. The quantitative estimate of drug-likeness (QED) is 0.797. The first kappa shape index (κ1) is 10.3. The van der Waals surface area contributed by atoms with Gasteiger partial charge in [-0.05, 0) is 24.3 Å². The molecule has 1 fully saturated rings. The molecule has 1 aliphatic rings. The van der Waals surface area contributed by atoms with E-state index in [1.807, 2.05) is 24.3 Å². The van der Waals surface area contributed by atoms with E-state index in [-0.39, 0.29) is 0 Å². The van der Waals surface area contributed by atoms with Crippen molar-refractivity contribution in [1.29, 1.82) is 0 Å². The predicted octanol–water partition coefficient (Wildman–Crippen LogP) is 0.800. The number of nitrogens with two attached hydrogens (primary N) is 1. The van der Waals surface area contributed by atoms with Crippen LogP contribution in [0.3, 0.4) is 0 Å². The third-order valence-electron chi connectivity index (χ3n) is 2.75. The predicted molar refractivity (Wildman–Crippen MR) is 58.3 cm³/mol. The fraction of sp³-hybridized carbons (Fsp3) is 0.500. The lowest BCUT2D eigenvalue weighted by Crippen LogP contribution is -2.86. The van der Waals surface area contributed by atoms with Crippen molar-refractivity contribution in [2.75, 3.05) is 20.2 Å². The minimum atomic E-state index is 0.392. The largest absolute Gasteiger partial charge is 0.497 e. The molecule has 0 aromatic heterocycles. The second kappa shape index (κ2) is 5.03. The Morgan fingerprint density at radius 2 is 1.67 bits per heavy atom. The number of benzene rings is 1. The van der Waals surface area contributed by atoms with Crippen molar-refractivity contribution < 1.29 is 14.8 Å². The normalized spacial score (nSPS) is 17.4. The van der Waals surface area contributed by atoms with Crippen LogP contribution in [-0.4, -0.2) is 26.3 Å². The Labute approximate surface area is 90.4 Å². The molecule has 0 spiro atoms. The molecule has 0 unspecified atom stereocenters. The van der Waals surface area contributed by atoms with Gasteiger partial charge in [0.1, 0.15) is 17.6 Å². The van der Waals surface area contributed by atoms with Gasteiger partial charge in [0.15, 0.2) is 0 Å². The highest BCUT2D eigenvalue weighted by Gasteiger charge is 2.16. The van der Waals surface area contributed by atoms with Gasteiger partial charge in [-0.15, -0.1) is 0 Å². The third-order valence-corrected chi connectivity index (χ3v) is 2.75. The zero-order chi connectivity index (χ0) is 10.5. The zero-order valence-corrected chi connectivity index (χ0v) is 9.11. The summed E-state index contributed by atoms with van der Waals surface area (Å²) >= 11 is 0. The van der Waals surface area contributed by atoms with Crippen LogP contribution in [0, 0.1) is 0 Å². The van der Waals surface area contributed by atoms with E-state index >= 15 is 0 Å². The molecule has 0 amide bonds. The van der Waals surface area contributed by atoms with Gasteiger partial charge in [-0.1, -0.05) is 0 Å². The Kier molecular flexibility index (Phi) is 3.45. The lowest BCUT2D eigenvalue weighted by atomic mass is 10.1. The highest BCUT2D eigenvalue weighted by atomic mass is 16.5. The Morgan fingerprint density at radius 1 is 1.07 bits per heavy atom. The molecule has 0 bridgehead atoms. The van der Waals surface area contributed by atoms with E-state index in [0.717, 1.165) is 24.3 Å². The van der Waals surface area contributed by atoms with Crippen LogP contribution in [-0.2, 0) is 0 Å². The average molecular weight is 208 g/mol. The average Bonchev–Trinajstić information content (AvgIpc) is 2.31. The Bertz CT molecular complexity index is 291. The Morgan fingerprint density at radius 3 is 2.27 bits per heavy atom. The van der Waals surface area contributed by atoms with Crippen LogP contribution in [0.15, 0.2) is 24.3 Å². The number of piperidine rings is 1. The maximum absolute atomic E-state index is 5.88. The topological polar surface area (TPSA) is 35.1 Å². The molecule has 15 heavy (non-hydrogen) atoms. The van der Waals surface area contributed by atoms with Crippen LogP contribution >= 0.6 is 0 Å². The fourth-order valence-corrected chi connectivity index (χ4v) is 1.86. The van der Waals surface area contributed by atoms with Gasteiger partial charge in [0.05, 0.1) is 20.2 Å². The van der Waals surface area contributed by atoms with E-state index in [1.54, 1.807) is 7.11 Å². The summed E-state index contributed by atoms with van der Waals surface area (Å²) in [6.07, 6.45) is 2.68. The van der Waals surface area contributed by atoms with Crippen LogP contribution < -0.4 is 14.8 Å². The molecule has 1 aromatic rings. The van der Waals surface area contributed by atoms with Crippen molar-refractivity contribution in [3.05, 3.63) is 24.3 Å². The highest BCUT2D eigenvalue weighted by molar-refractivity contribution is 5.31. The summed E-state index contributed by atoms with van der Waals surface area (Å²) in [5.41, 5.74) is 0. The first-order chi connectivity index (χ1) is 7.38. The number of quaternary nitrogens is 1. The summed E-state index contributed by atoms with van der Waals surface area (Å²) in [5, 5.41) is 2.34. The highest BCUT2D eigenvalue weighted by Crippen LogP contribution is 2.19. The molecule has 1 aliphatic heterocycles. The van der Waals surface area contributed by atoms with Crippen LogP contribution in [0.4, 0.5) is 0 Å². The van der Waals surface area contributed by atoms with Gasteiger partial charge in [0.2, 0.25) is 0 Å². The number of methoxy groups -OCH3 is 1. The Balaban J connectivity index is 1.91. The molecule has 1 saturated heterocycles. The first-order valence-electron chi connectivity index (χ1n) is 5.51. The van der Waals surface area contributed by atoms with Gasteiger partial charge in [-0.25, -0.2) is 0 Å². The molecule has 3 heteroatoms. The molecule has 0 atom stereocenters. The minimum Gasteiger partial charge on any atom is -0.497 e. The second-order valence-corrected chi connectivity index (χ2v) is 3.86. The van der Waals surface area contributed by atoms with E-state index in [1.165, 1.54) is 13.1 Å². The monoisotopic (exact) mass is 208 g/mol. The van der Waals surface area contributed by atoms with Crippen molar-refractivity contribution in [2.45, 2.75) is 18.9 Å². The maximum Gasteiger partial charge on any atom is 0.119 e. The lowest BCUT2D eigenvalue weighted by Gasteiger charge is -2.21. The number of hydrogen-bond donors (Lipinski definition) is 1. The van der Waals surface area contributed by atoms with Crippen molar-refractivity contribution in [3.8, 4) is 11.5 Å². The van der Waals surface area contributed by atoms with Crippen molar-refractivity contribution in [2.24, 2.45) is 0 Å². The van der Waals surface area contributed by atoms with Crippen molar-refractivity contribution in [1.82, 2.24) is 0 Å². The van der Waals surface area contributed by atoms with Gasteiger partial charge in [-0.2, -0.15) is 0 Å².